The number of likely N-dealkylation sites (N-methyl/N-ethyl adjacent to an activating group) is 1. The molecule has 1 atom stereocenters. The Morgan fingerprint density at radius 2 is 2.12 bits per heavy atom. The Morgan fingerprint density at radius 1 is 1.24 bits per heavy atom. The molecule has 0 aromatic rings. The van der Waals surface area contributed by atoms with Gasteiger partial charge in [-0.25, -0.2) is 0 Å². The molecule has 1 aliphatic rings. The fourth-order valence-corrected chi connectivity index (χ4v) is 2.28. The van der Waals surface area contributed by atoms with Crippen molar-refractivity contribution < 1.29 is 9.47 Å². The molecule has 102 valence electrons. The van der Waals surface area contributed by atoms with Gasteiger partial charge in [0.15, 0.2) is 0 Å². The number of nitrogens with one attached hydrogen (secondary N) is 1. The zero-order chi connectivity index (χ0) is 12.3. The Labute approximate surface area is 106 Å². The lowest BCUT2D eigenvalue weighted by Crippen LogP contribution is -2.44. The largest absolute Gasteiger partial charge is 0.382 e. The summed E-state index contributed by atoms with van der Waals surface area (Å²) in [6.07, 6.45) is 5.05. The Balaban J connectivity index is 1.91. The predicted molar refractivity (Wildman–Crippen MR) is 70.5 cm³/mol. The molecule has 1 heterocycles. The van der Waals surface area contributed by atoms with Crippen molar-refractivity contribution in [1.82, 2.24) is 10.2 Å². The third kappa shape index (κ3) is 6.99. The molecule has 1 aliphatic heterocycles. The van der Waals surface area contributed by atoms with Crippen LogP contribution in [0.3, 0.4) is 0 Å². The van der Waals surface area contributed by atoms with Crippen LogP contribution in [0, 0.1) is 0 Å². The highest BCUT2D eigenvalue weighted by Crippen LogP contribution is 2.10. The monoisotopic (exact) mass is 244 g/mol. The number of unbranched alkanes of at least 4 members (excludes halogenated alkanes) is 1. The van der Waals surface area contributed by atoms with E-state index in [1.807, 2.05) is 0 Å². The van der Waals surface area contributed by atoms with Gasteiger partial charge in [0.25, 0.3) is 0 Å². The number of piperidine rings is 1. The average molecular weight is 244 g/mol. The van der Waals surface area contributed by atoms with E-state index >= 15 is 0 Å². The van der Waals surface area contributed by atoms with Gasteiger partial charge in [0, 0.05) is 26.3 Å². The molecular weight excluding hydrogens is 216 g/mol. The van der Waals surface area contributed by atoms with Crippen LogP contribution in [0.5, 0.6) is 0 Å². The van der Waals surface area contributed by atoms with Crippen molar-refractivity contribution in [3.05, 3.63) is 0 Å². The van der Waals surface area contributed by atoms with Gasteiger partial charge < -0.3 is 19.7 Å². The minimum atomic E-state index is 0.696. The van der Waals surface area contributed by atoms with Crippen molar-refractivity contribution >= 4 is 0 Å². The smallest absolute Gasteiger partial charge is 0.0700 e. The van der Waals surface area contributed by atoms with Crippen LogP contribution in [0.2, 0.25) is 0 Å². The van der Waals surface area contributed by atoms with Crippen LogP contribution in [-0.2, 0) is 9.47 Å². The Bertz CT molecular complexity index is 179. The summed E-state index contributed by atoms with van der Waals surface area (Å²) in [5.41, 5.74) is 0. The zero-order valence-electron chi connectivity index (χ0n) is 11.4. The Hall–Kier alpha value is -0.160. The van der Waals surface area contributed by atoms with Gasteiger partial charge in [0.1, 0.15) is 0 Å². The lowest BCUT2D eigenvalue weighted by molar-refractivity contribution is 0.0671. The Morgan fingerprint density at radius 3 is 2.88 bits per heavy atom. The normalized spacial score (nSPS) is 21.9. The first-order valence-corrected chi connectivity index (χ1v) is 6.83. The average Bonchev–Trinajstić information content (AvgIpc) is 2.38. The number of rotatable bonds is 9. The molecule has 1 saturated heterocycles. The molecule has 0 radical (unpaired) electrons. The van der Waals surface area contributed by atoms with Crippen LogP contribution in [-0.4, -0.2) is 64.6 Å². The molecule has 0 aromatic carbocycles. The van der Waals surface area contributed by atoms with Crippen molar-refractivity contribution in [3.8, 4) is 0 Å². The van der Waals surface area contributed by atoms with E-state index in [2.05, 4.69) is 17.3 Å². The highest BCUT2D eigenvalue weighted by Gasteiger charge is 2.17. The second kappa shape index (κ2) is 9.83. The SMILES string of the molecule is CNC1CCCN(CCCCOCCOC)C1. The number of methoxy groups -OCH3 is 1. The van der Waals surface area contributed by atoms with E-state index in [0.717, 1.165) is 19.6 Å². The fourth-order valence-electron chi connectivity index (χ4n) is 2.28. The summed E-state index contributed by atoms with van der Waals surface area (Å²) < 4.78 is 10.4. The van der Waals surface area contributed by atoms with E-state index in [4.69, 9.17) is 9.47 Å². The van der Waals surface area contributed by atoms with Crippen LogP contribution in [0.4, 0.5) is 0 Å². The van der Waals surface area contributed by atoms with E-state index in [9.17, 15) is 0 Å². The number of hydrogen-bond donors (Lipinski definition) is 1. The molecule has 1 fully saturated rings. The first-order chi connectivity index (χ1) is 8.36. The quantitative estimate of drug-likeness (QED) is 0.616. The second-order valence-corrected chi connectivity index (χ2v) is 4.74. The van der Waals surface area contributed by atoms with Gasteiger partial charge in [-0.15, -0.1) is 0 Å². The lowest BCUT2D eigenvalue weighted by Gasteiger charge is -2.32. The summed E-state index contributed by atoms with van der Waals surface area (Å²) in [4.78, 5) is 2.57. The van der Waals surface area contributed by atoms with Gasteiger partial charge in [-0.3, -0.25) is 0 Å². The summed E-state index contributed by atoms with van der Waals surface area (Å²) in [5.74, 6) is 0. The highest BCUT2D eigenvalue weighted by molar-refractivity contribution is 4.76. The molecule has 1 unspecified atom stereocenters. The van der Waals surface area contributed by atoms with Crippen molar-refractivity contribution in [2.24, 2.45) is 0 Å². The van der Waals surface area contributed by atoms with Gasteiger partial charge in [0.05, 0.1) is 13.2 Å². The Kier molecular flexibility index (Phi) is 8.61. The third-order valence-electron chi connectivity index (χ3n) is 3.36. The fraction of sp³-hybridized carbons (Fsp3) is 1.00. The van der Waals surface area contributed by atoms with E-state index in [0.29, 0.717) is 12.6 Å². The molecule has 0 spiro atoms. The number of likely N-dealkylation sites (tertiary alicyclic amines) is 1. The van der Waals surface area contributed by atoms with E-state index in [1.165, 1.54) is 38.9 Å². The van der Waals surface area contributed by atoms with E-state index < -0.39 is 0 Å². The van der Waals surface area contributed by atoms with Crippen molar-refractivity contribution in [3.63, 3.8) is 0 Å². The van der Waals surface area contributed by atoms with Crippen molar-refractivity contribution in [1.29, 1.82) is 0 Å². The zero-order valence-corrected chi connectivity index (χ0v) is 11.4. The number of nitrogens with zero attached hydrogens (tertiary/aromatic N) is 1. The van der Waals surface area contributed by atoms with Gasteiger partial charge in [-0.1, -0.05) is 0 Å². The summed E-state index contributed by atoms with van der Waals surface area (Å²) >= 11 is 0. The molecular formula is C13H28N2O2. The maximum Gasteiger partial charge on any atom is 0.0700 e. The minimum Gasteiger partial charge on any atom is -0.382 e. The van der Waals surface area contributed by atoms with Crippen molar-refractivity contribution in [2.75, 3.05) is 53.6 Å². The topological polar surface area (TPSA) is 33.7 Å². The van der Waals surface area contributed by atoms with E-state index in [-0.39, 0.29) is 0 Å². The van der Waals surface area contributed by atoms with Crippen LogP contribution < -0.4 is 5.32 Å². The van der Waals surface area contributed by atoms with Gasteiger partial charge in [-0.2, -0.15) is 0 Å². The molecule has 0 aromatic heterocycles. The van der Waals surface area contributed by atoms with Crippen molar-refractivity contribution in [2.45, 2.75) is 31.7 Å². The summed E-state index contributed by atoms with van der Waals surface area (Å²) in [6.45, 7) is 5.99. The summed E-state index contributed by atoms with van der Waals surface area (Å²) in [7, 11) is 3.77. The molecule has 0 amide bonds. The van der Waals surface area contributed by atoms with Crippen LogP contribution >= 0.6 is 0 Å². The standard InChI is InChI=1S/C13H28N2O2/c1-14-13-6-5-8-15(12-13)7-3-4-9-17-11-10-16-2/h13-14H,3-12H2,1-2H3. The highest BCUT2D eigenvalue weighted by atomic mass is 16.5. The number of hydrogen-bond acceptors (Lipinski definition) is 4. The molecule has 1 rings (SSSR count). The second-order valence-electron chi connectivity index (χ2n) is 4.74. The molecule has 1 N–H and O–H groups in total. The van der Waals surface area contributed by atoms with Crippen LogP contribution in [0.15, 0.2) is 0 Å². The molecule has 4 heteroatoms. The predicted octanol–water partition coefficient (Wildman–Crippen LogP) is 1.11. The van der Waals surface area contributed by atoms with Gasteiger partial charge in [-0.05, 0) is 45.8 Å². The molecule has 0 saturated carbocycles. The third-order valence-corrected chi connectivity index (χ3v) is 3.36. The van der Waals surface area contributed by atoms with Crippen LogP contribution in [0.25, 0.3) is 0 Å². The first-order valence-electron chi connectivity index (χ1n) is 6.83. The van der Waals surface area contributed by atoms with Crippen LogP contribution in [0.1, 0.15) is 25.7 Å². The minimum absolute atomic E-state index is 0.696. The molecule has 4 nitrogen and oxygen atoms in total. The maximum atomic E-state index is 5.45. The maximum absolute atomic E-state index is 5.45. The summed E-state index contributed by atoms with van der Waals surface area (Å²) in [5, 5.41) is 3.38. The molecule has 0 bridgehead atoms. The first kappa shape index (κ1) is 14.9. The summed E-state index contributed by atoms with van der Waals surface area (Å²) in [6, 6.07) is 0.696. The molecule has 0 aliphatic carbocycles. The van der Waals surface area contributed by atoms with Gasteiger partial charge in [0.2, 0.25) is 0 Å². The number of ether oxygens (including phenoxy) is 2. The lowest BCUT2D eigenvalue weighted by atomic mass is 10.1. The molecule has 17 heavy (non-hydrogen) atoms. The van der Waals surface area contributed by atoms with Gasteiger partial charge >= 0.3 is 0 Å². The van der Waals surface area contributed by atoms with E-state index in [1.54, 1.807) is 7.11 Å².